The third kappa shape index (κ3) is 6.81. The third-order valence-electron chi connectivity index (χ3n) is 7.84. The van der Waals surface area contributed by atoms with E-state index in [2.05, 4.69) is 46.8 Å². The van der Waals surface area contributed by atoms with E-state index in [1.54, 1.807) is 0 Å². The van der Waals surface area contributed by atoms with Crippen LogP contribution in [0, 0.1) is 5.92 Å². The van der Waals surface area contributed by atoms with E-state index in [0.717, 1.165) is 41.7 Å². The minimum atomic E-state index is -0.337. The number of quaternary nitrogens is 1. The maximum atomic E-state index is 12.3. The van der Waals surface area contributed by atoms with Crippen molar-refractivity contribution in [1.82, 2.24) is 0 Å². The maximum absolute atomic E-state index is 12.3. The molecule has 1 aromatic rings. The highest BCUT2D eigenvalue weighted by Gasteiger charge is 2.46. The van der Waals surface area contributed by atoms with E-state index < -0.39 is 0 Å². The Hall–Kier alpha value is -2.01. The lowest BCUT2D eigenvalue weighted by atomic mass is 9.66. The van der Waals surface area contributed by atoms with E-state index in [4.69, 9.17) is 9.47 Å². The van der Waals surface area contributed by atoms with Gasteiger partial charge in [-0.05, 0) is 61.8 Å². The number of fused-ring (bicyclic) bond motifs is 3. The molecule has 1 heterocycles. The van der Waals surface area contributed by atoms with E-state index in [0.29, 0.717) is 23.4 Å². The molecule has 1 N–H and O–H groups in total. The number of hydrogen-bond donors (Lipinski definition) is 1. The number of carbonyl (C=O) groups is 1. The Morgan fingerprint density at radius 1 is 1.20 bits per heavy atom. The van der Waals surface area contributed by atoms with Gasteiger partial charge in [-0.1, -0.05) is 52.5 Å². The molecule has 2 atom stereocenters. The van der Waals surface area contributed by atoms with Crippen LogP contribution in [0.4, 0.5) is 0 Å². The van der Waals surface area contributed by atoms with Gasteiger partial charge in [0.25, 0.3) is 0 Å². The fourth-order valence-corrected chi connectivity index (χ4v) is 5.72. The second kappa shape index (κ2) is 10.5. The number of hydrogen-bond acceptors (Lipinski definition) is 4. The van der Waals surface area contributed by atoms with Crippen LogP contribution in [0.1, 0.15) is 96.6 Å². The molecule has 5 heteroatoms. The van der Waals surface area contributed by atoms with Crippen molar-refractivity contribution in [2.45, 2.75) is 96.5 Å². The SMILES string of the molecule is CCCCCCC(C)(C)c1cc(O)c2c(c1)OC(C)(C)C1CC=C(COC(=O)C[N+](C)(C)C)C[C@H]21. The van der Waals surface area contributed by atoms with Crippen LogP contribution in [-0.2, 0) is 14.9 Å². The quantitative estimate of drug-likeness (QED) is 0.178. The van der Waals surface area contributed by atoms with E-state index in [9.17, 15) is 9.90 Å². The minimum absolute atomic E-state index is 0.0258. The van der Waals surface area contributed by atoms with Crippen molar-refractivity contribution >= 4 is 5.97 Å². The number of allylic oxidation sites excluding steroid dienone is 1. The fraction of sp³-hybridized carbons (Fsp3) is 0.700. The van der Waals surface area contributed by atoms with Gasteiger partial charge in [-0.3, -0.25) is 0 Å². The monoisotopic (exact) mass is 486 g/mol. The van der Waals surface area contributed by atoms with E-state index in [-0.39, 0.29) is 28.8 Å². The summed E-state index contributed by atoms with van der Waals surface area (Å²) in [5, 5.41) is 11.3. The fourth-order valence-electron chi connectivity index (χ4n) is 5.72. The van der Waals surface area contributed by atoms with Gasteiger partial charge in [0.2, 0.25) is 0 Å². The molecule has 0 saturated heterocycles. The number of benzene rings is 1. The highest BCUT2D eigenvalue weighted by molar-refractivity contribution is 5.70. The molecule has 1 unspecified atom stereocenters. The summed E-state index contributed by atoms with van der Waals surface area (Å²) in [6, 6.07) is 4.14. The largest absolute Gasteiger partial charge is 0.508 e. The highest BCUT2D eigenvalue weighted by atomic mass is 16.5. The van der Waals surface area contributed by atoms with E-state index >= 15 is 0 Å². The van der Waals surface area contributed by atoms with E-state index in [1.165, 1.54) is 25.7 Å². The van der Waals surface area contributed by atoms with Crippen molar-refractivity contribution in [2.24, 2.45) is 5.92 Å². The summed E-state index contributed by atoms with van der Waals surface area (Å²) in [6.07, 6.45) is 9.87. The number of esters is 1. The summed E-state index contributed by atoms with van der Waals surface area (Å²) < 4.78 is 12.7. The Morgan fingerprint density at radius 3 is 2.57 bits per heavy atom. The number of phenolic OH excluding ortho intramolecular Hbond substituents is 1. The van der Waals surface area contributed by atoms with Crippen LogP contribution in [0.5, 0.6) is 11.5 Å². The van der Waals surface area contributed by atoms with Gasteiger partial charge in [-0.15, -0.1) is 0 Å². The number of ether oxygens (including phenoxy) is 2. The molecule has 1 aromatic carbocycles. The number of unbranched alkanes of at least 4 members (excludes halogenated alkanes) is 3. The van der Waals surface area contributed by atoms with Crippen LogP contribution in [-0.4, -0.2) is 55.5 Å². The van der Waals surface area contributed by atoms with Gasteiger partial charge in [0, 0.05) is 17.4 Å². The number of rotatable bonds is 10. The number of aromatic hydroxyl groups is 1. The zero-order valence-corrected chi connectivity index (χ0v) is 23.4. The van der Waals surface area contributed by atoms with Gasteiger partial charge < -0.3 is 19.1 Å². The average molecular weight is 487 g/mol. The van der Waals surface area contributed by atoms with Gasteiger partial charge in [0.15, 0.2) is 6.54 Å². The van der Waals surface area contributed by atoms with Gasteiger partial charge in [0.05, 0.1) is 21.1 Å². The average Bonchev–Trinajstić information content (AvgIpc) is 2.73. The minimum Gasteiger partial charge on any atom is -0.508 e. The summed E-state index contributed by atoms with van der Waals surface area (Å²) >= 11 is 0. The van der Waals surface area contributed by atoms with Crippen molar-refractivity contribution < 1.29 is 23.9 Å². The summed E-state index contributed by atoms with van der Waals surface area (Å²) in [7, 11) is 5.95. The zero-order chi connectivity index (χ0) is 26.0. The second-order valence-corrected chi connectivity index (χ2v) is 12.9. The lowest BCUT2D eigenvalue weighted by Gasteiger charge is -2.47. The Balaban J connectivity index is 1.81. The molecule has 196 valence electrons. The number of phenols is 1. The van der Waals surface area contributed by atoms with Gasteiger partial charge in [0.1, 0.15) is 23.7 Å². The summed E-state index contributed by atoms with van der Waals surface area (Å²) in [5.41, 5.74) is 2.83. The van der Waals surface area contributed by atoms with Crippen molar-refractivity contribution in [1.29, 1.82) is 0 Å². The molecule has 5 nitrogen and oxygen atoms in total. The Kier molecular flexibility index (Phi) is 8.30. The van der Waals surface area contributed by atoms with Crippen molar-refractivity contribution in [3.8, 4) is 11.5 Å². The molecular formula is C30H48NO4+. The second-order valence-electron chi connectivity index (χ2n) is 12.9. The molecule has 0 fully saturated rings. The predicted octanol–water partition coefficient (Wildman–Crippen LogP) is 6.48. The molecule has 2 aliphatic rings. The molecule has 1 aliphatic heterocycles. The van der Waals surface area contributed by atoms with Gasteiger partial charge in [-0.2, -0.15) is 0 Å². The molecule has 0 aromatic heterocycles. The van der Waals surface area contributed by atoms with Crippen LogP contribution in [0.15, 0.2) is 23.8 Å². The molecule has 3 rings (SSSR count). The zero-order valence-electron chi connectivity index (χ0n) is 23.4. The predicted molar refractivity (Wildman–Crippen MR) is 142 cm³/mol. The molecular weight excluding hydrogens is 438 g/mol. The van der Waals surface area contributed by atoms with Crippen LogP contribution in [0.3, 0.4) is 0 Å². The van der Waals surface area contributed by atoms with Crippen LogP contribution < -0.4 is 4.74 Å². The molecule has 0 spiro atoms. The number of nitrogens with zero attached hydrogens (tertiary/aromatic N) is 1. The smallest absolute Gasteiger partial charge is 0.362 e. The lowest BCUT2D eigenvalue weighted by molar-refractivity contribution is -0.862. The first-order chi connectivity index (χ1) is 16.2. The number of likely N-dealkylation sites (N-methyl/N-ethyl adjacent to an activating group) is 1. The topological polar surface area (TPSA) is 55.8 Å². The molecule has 0 amide bonds. The Morgan fingerprint density at radius 2 is 1.91 bits per heavy atom. The summed E-state index contributed by atoms with van der Waals surface area (Å²) in [6.45, 7) is 11.8. The molecule has 1 aliphatic carbocycles. The molecule has 0 bridgehead atoms. The first-order valence-electron chi connectivity index (χ1n) is 13.4. The molecule has 0 saturated carbocycles. The third-order valence-corrected chi connectivity index (χ3v) is 7.84. The van der Waals surface area contributed by atoms with E-state index in [1.807, 2.05) is 27.2 Å². The van der Waals surface area contributed by atoms with Gasteiger partial charge in [-0.25, -0.2) is 4.79 Å². The van der Waals surface area contributed by atoms with Crippen LogP contribution in [0.2, 0.25) is 0 Å². The maximum Gasteiger partial charge on any atom is 0.362 e. The standard InChI is InChI=1S/C30H47NO4/c1-9-10-11-12-15-29(2,3)22-17-25(32)28-23-16-21(20-34-27(33)19-31(6,7)8)13-14-24(23)30(4,5)35-26(28)18-22/h13,17-18,23-24H,9-12,14-16,19-20H2,1-8H3/p+1/t23-,24?/m0/s1. The summed E-state index contributed by atoms with van der Waals surface area (Å²) in [5.74, 6) is 1.39. The van der Waals surface area contributed by atoms with Crippen LogP contribution in [0.25, 0.3) is 0 Å². The van der Waals surface area contributed by atoms with Crippen molar-refractivity contribution in [3.63, 3.8) is 0 Å². The first kappa shape index (κ1) is 27.6. The van der Waals surface area contributed by atoms with Crippen molar-refractivity contribution in [2.75, 3.05) is 34.3 Å². The number of carbonyl (C=O) groups excluding carboxylic acids is 1. The first-order valence-corrected chi connectivity index (χ1v) is 13.4. The Labute approximate surface area is 213 Å². The van der Waals surface area contributed by atoms with Crippen molar-refractivity contribution in [3.05, 3.63) is 34.9 Å². The lowest BCUT2D eigenvalue weighted by Crippen LogP contribution is -2.46. The normalized spacial score (nSPS) is 21.4. The molecule has 35 heavy (non-hydrogen) atoms. The summed E-state index contributed by atoms with van der Waals surface area (Å²) in [4.78, 5) is 12.3. The molecule has 0 radical (unpaired) electrons. The van der Waals surface area contributed by atoms with Crippen LogP contribution >= 0.6 is 0 Å². The van der Waals surface area contributed by atoms with Gasteiger partial charge >= 0.3 is 5.97 Å². The highest BCUT2D eigenvalue weighted by Crippen LogP contribution is 2.55. The Bertz CT molecular complexity index is 938.